The zero-order valence-corrected chi connectivity index (χ0v) is 10.8. The predicted molar refractivity (Wildman–Crippen MR) is 66.1 cm³/mol. The van der Waals surface area contributed by atoms with Crippen LogP contribution in [0.4, 0.5) is 8.78 Å². The van der Waals surface area contributed by atoms with E-state index in [9.17, 15) is 8.78 Å². The molecule has 0 aromatic heterocycles. The molecule has 0 aliphatic heterocycles. The van der Waals surface area contributed by atoms with Gasteiger partial charge in [-0.05, 0) is 30.0 Å². The molecule has 102 valence electrons. The van der Waals surface area contributed by atoms with Crippen LogP contribution >= 0.6 is 0 Å². The smallest absolute Gasteiger partial charge is 0.387 e. The first-order chi connectivity index (χ1) is 8.43. The summed E-state index contributed by atoms with van der Waals surface area (Å²) >= 11 is 0. The number of hydrogen-bond donors (Lipinski definition) is 1. The maximum atomic E-state index is 12.3. The molecule has 0 radical (unpaired) electrons. The zero-order valence-electron chi connectivity index (χ0n) is 10.8. The fraction of sp³-hybridized carbons (Fsp3) is 0.538. The van der Waals surface area contributed by atoms with Gasteiger partial charge in [-0.3, -0.25) is 0 Å². The fourth-order valence-corrected chi connectivity index (χ4v) is 1.54. The van der Waals surface area contributed by atoms with Crippen LogP contribution in [0.1, 0.15) is 19.4 Å². The van der Waals surface area contributed by atoms with Gasteiger partial charge in [0.05, 0.1) is 7.11 Å². The number of benzene rings is 1. The first-order valence-electron chi connectivity index (χ1n) is 5.81. The number of hydrogen-bond acceptors (Lipinski definition) is 3. The van der Waals surface area contributed by atoms with E-state index in [1.165, 1.54) is 7.11 Å². The number of alkyl halides is 2. The van der Waals surface area contributed by atoms with Crippen LogP contribution in [0.5, 0.6) is 11.5 Å². The molecular weight excluding hydrogens is 240 g/mol. The van der Waals surface area contributed by atoms with Gasteiger partial charge in [0.15, 0.2) is 11.5 Å². The molecule has 0 saturated heterocycles. The molecule has 0 aliphatic rings. The van der Waals surface area contributed by atoms with E-state index in [2.05, 4.69) is 4.74 Å². The Morgan fingerprint density at radius 2 is 1.89 bits per heavy atom. The predicted octanol–water partition coefficient (Wildman–Crippen LogP) is 2.82. The first-order valence-corrected chi connectivity index (χ1v) is 5.81. The SMILES string of the molecule is COc1ccc(CC(N)C(C)C)cc1OC(F)F. The van der Waals surface area contributed by atoms with E-state index in [0.29, 0.717) is 12.3 Å². The number of methoxy groups -OCH3 is 1. The van der Waals surface area contributed by atoms with Crippen LogP contribution in [0.25, 0.3) is 0 Å². The zero-order chi connectivity index (χ0) is 13.7. The molecule has 5 heteroatoms. The Bertz CT molecular complexity index is 383. The minimum atomic E-state index is -2.87. The molecule has 0 saturated carbocycles. The Balaban J connectivity index is 2.88. The van der Waals surface area contributed by atoms with Gasteiger partial charge in [0.1, 0.15) is 0 Å². The molecule has 3 nitrogen and oxygen atoms in total. The Morgan fingerprint density at radius 1 is 1.22 bits per heavy atom. The van der Waals surface area contributed by atoms with Gasteiger partial charge >= 0.3 is 6.61 Å². The van der Waals surface area contributed by atoms with Crippen LogP contribution in [-0.2, 0) is 6.42 Å². The standard InChI is InChI=1S/C13H19F2NO2/c1-8(2)10(16)6-9-4-5-11(17-3)12(7-9)18-13(14)15/h4-5,7-8,10,13H,6,16H2,1-3H3. The molecule has 1 aromatic carbocycles. The topological polar surface area (TPSA) is 44.5 Å². The van der Waals surface area contributed by atoms with Crippen LogP contribution in [-0.4, -0.2) is 19.8 Å². The van der Waals surface area contributed by atoms with Crippen molar-refractivity contribution in [1.29, 1.82) is 0 Å². The number of rotatable bonds is 6. The van der Waals surface area contributed by atoms with E-state index < -0.39 is 6.61 Å². The van der Waals surface area contributed by atoms with Gasteiger partial charge < -0.3 is 15.2 Å². The summed E-state index contributed by atoms with van der Waals surface area (Å²) in [7, 11) is 1.41. The lowest BCUT2D eigenvalue weighted by Gasteiger charge is -2.17. The number of ether oxygens (including phenoxy) is 2. The summed E-state index contributed by atoms with van der Waals surface area (Å²) in [5.41, 5.74) is 6.80. The van der Waals surface area contributed by atoms with Crippen molar-refractivity contribution in [3.05, 3.63) is 23.8 Å². The van der Waals surface area contributed by atoms with Crippen LogP contribution in [0, 0.1) is 5.92 Å². The molecule has 0 bridgehead atoms. The molecule has 0 spiro atoms. The van der Waals surface area contributed by atoms with E-state index >= 15 is 0 Å². The summed E-state index contributed by atoms with van der Waals surface area (Å²) in [5.74, 6) is 0.657. The van der Waals surface area contributed by atoms with Crippen LogP contribution in [0.3, 0.4) is 0 Å². The van der Waals surface area contributed by atoms with Gasteiger partial charge in [0.25, 0.3) is 0 Å². The highest BCUT2D eigenvalue weighted by Gasteiger charge is 2.14. The highest BCUT2D eigenvalue weighted by Crippen LogP contribution is 2.30. The Hall–Kier alpha value is -1.36. The summed E-state index contributed by atoms with van der Waals surface area (Å²) in [6.45, 7) is 1.17. The van der Waals surface area contributed by atoms with Gasteiger partial charge in [0.2, 0.25) is 0 Å². The molecule has 1 unspecified atom stereocenters. The summed E-state index contributed by atoms with van der Waals surface area (Å²) in [4.78, 5) is 0. The fourth-order valence-electron chi connectivity index (χ4n) is 1.54. The second kappa shape index (κ2) is 6.54. The lowest BCUT2D eigenvalue weighted by molar-refractivity contribution is -0.0512. The molecule has 18 heavy (non-hydrogen) atoms. The molecule has 0 fully saturated rings. The van der Waals surface area contributed by atoms with Crippen molar-refractivity contribution in [2.75, 3.05) is 7.11 Å². The van der Waals surface area contributed by atoms with E-state index in [1.807, 2.05) is 13.8 Å². The average Bonchev–Trinajstić information content (AvgIpc) is 2.28. The minimum absolute atomic E-state index is 0.0159. The molecule has 1 aromatic rings. The van der Waals surface area contributed by atoms with Gasteiger partial charge in [-0.25, -0.2) is 0 Å². The van der Waals surface area contributed by atoms with E-state index in [-0.39, 0.29) is 17.5 Å². The highest BCUT2D eigenvalue weighted by molar-refractivity contribution is 5.43. The van der Waals surface area contributed by atoms with Crippen molar-refractivity contribution < 1.29 is 18.3 Å². The molecule has 1 atom stereocenters. The van der Waals surface area contributed by atoms with Gasteiger partial charge in [-0.15, -0.1) is 0 Å². The number of halogens is 2. The van der Waals surface area contributed by atoms with Crippen molar-refractivity contribution in [3.8, 4) is 11.5 Å². The Morgan fingerprint density at radius 3 is 2.39 bits per heavy atom. The van der Waals surface area contributed by atoms with Crippen LogP contribution in [0.15, 0.2) is 18.2 Å². The molecule has 2 N–H and O–H groups in total. The van der Waals surface area contributed by atoms with Crippen molar-refractivity contribution in [2.45, 2.75) is 32.9 Å². The van der Waals surface area contributed by atoms with Crippen LogP contribution in [0.2, 0.25) is 0 Å². The largest absolute Gasteiger partial charge is 0.493 e. The van der Waals surface area contributed by atoms with Crippen molar-refractivity contribution in [2.24, 2.45) is 11.7 Å². The molecule has 0 aliphatic carbocycles. The van der Waals surface area contributed by atoms with Gasteiger partial charge in [-0.2, -0.15) is 8.78 Å². The normalized spacial score (nSPS) is 12.9. The van der Waals surface area contributed by atoms with E-state index in [4.69, 9.17) is 10.5 Å². The molecular formula is C13H19F2NO2. The third-order valence-electron chi connectivity index (χ3n) is 2.77. The number of nitrogens with two attached hydrogens (primary N) is 1. The maximum Gasteiger partial charge on any atom is 0.387 e. The summed E-state index contributed by atoms with van der Waals surface area (Å²) in [6.07, 6.45) is 0.612. The first kappa shape index (κ1) is 14.7. The quantitative estimate of drug-likeness (QED) is 0.854. The highest BCUT2D eigenvalue weighted by atomic mass is 19.3. The Labute approximate surface area is 106 Å². The average molecular weight is 259 g/mol. The van der Waals surface area contributed by atoms with E-state index in [1.54, 1.807) is 18.2 Å². The molecule has 0 heterocycles. The third kappa shape index (κ3) is 4.14. The summed E-state index contributed by atoms with van der Waals surface area (Å²) in [6, 6.07) is 4.95. The van der Waals surface area contributed by atoms with E-state index in [0.717, 1.165) is 5.56 Å². The van der Waals surface area contributed by atoms with Crippen LogP contribution < -0.4 is 15.2 Å². The van der Waals surface area contributed by atoms with Gasteiger partial charge in [0, 0.05) is 6.04 Å². The Kier molecular flexibility index (Phi) is 5.34. The van der Waals surface area contributed by atoms with Crippen molar-refractivity contribution >= 4 is 0 Å². The third-order valence-corrected chi connectivity index (χ3v) is 2.77. The van der Waals surface area contributed by atoms with Crippen molar-refractivity contribution in [1.82, 2.24) is 0 Å². The summed E-state index contributed by atoms with van der Waals surface area (Å²) in [5, 5.41) is 0. The molecule has 0 amide bonds. The molecule has 1 rings (SSSR count). The monoisotopic (exact) mass is 259 g/mol. The van der Waals surface area contributed by atoms with Gasteiger partial charge in [-0.1, -0.05) is 19.9 Å². The summed E-state index contributed by atoms with van der Waals surface area (Å²) < 4.78 is 33.9. The second-order valence-corrected chi connectivity index (χ2v) is 4.48. The second-order valence-electron chi connectivity index (χ2n) is 4.48. The van der Waals surface area contributed by atoms with Crippen molar-refractivity contribution in [3.63, 3.8) is 0 Å². The lowest BCUT2D eigenvalue weighted by Crippen LogP contribution is -2.28. The lowest BCUT2D eigenvalue weighted by atomic mass is 9.97. The maximum absolute atomic E-state index is 12.3. The minimum Gasteiger partial charge on any atom is -0.493 e.